The van der Waals surface area contributed by atoms with E-state index in [1.807, 2.05) is 12.1 Å². The van der Waals surface area contributed by atoms with Crippen LogP contribution in [0.5, 0.6) is 5.75 Å². The summed E-state index contributed by atoms with van der Waals surface area (Å²) in [7, 11) is 0. The van der Waals surface area contributed by atoms with Crippen LogP contribution < -0.4 is 5.32 Å². The van der Waals surface area contributed by atoms with E-state index in [2.05, 4.69) is 10.3 Å². The van der Waals surface area contributed by atoms with Gasteiger partial charge in [-0.3, -0.25) is 4.79 Å². The molecule has 0 aliphatic carbocycles. The second kappa shape index (κ2) is 3.52. The minimum Gasteiger partial charge on any atom is -0.507 e. The average Bonchev–Trinajstić information content (AvgIpc) is 2.89. The summed E-state index contributed by atoms with van der Waals surface area (Å²) in [4.78, 5) is 14.8. The number of H-pyrrole nitrogens is 1. The van der Waals surface area contributed by atoms with Gasteiger partial charge in [-0.2, -0.15) is 0 Å². The molecule has 0 fully saturated rings. The summed E-state index contributed by atoms with van der Waals surface area (Å²) in [5.74, 6) is -0.0882. The summed E-state index contributed by atoms with van der Waals surface area (Å²) in [6.45, 7) is 0. The average molecular weight is 226 g/mol. The molecular weight excluding hydrogens is 216 g/mol. The van der Waals surface area contributed by atoms with Gasteiger partial charge in [-0.1, -0.05) is 6.07 Å². The number of aromatic nitrogens is 1. The van der Waals surface area contributed by atoms with Crippen LogP contribution in [0.3, 0.4) is 0 Å². The Bertz CT molecular complexity index is 612. The molecule has 1 aliphatic heterocycles. The van der Waals surface area contributed by atoms with Gasteiger partial charge in [-0.05, 0) is 30.3 Å². The highest BCUT2D eigenvalue weighted by molar-refractivity contribution is 6.35. The Morgan fingerprint density at radius 1 is 1.18 bits per heavy atom. The van der Waals surface area contributed by atoms with Crippen LogP contribution >= 0.6 is 0 Å². The molecule has 0 unspecified atom stereocenters. The van der Waals surface area contributed by atoms with E-state index in [1.165, 1.54) is 0 Å². The van der Waals surface area contributed by atoms with Crippen LogP contribution in [-0.2, 0) is 4.79 Å². The largest absolute Gasteiger partial charge is 0.507 e. The molecule has 0 radical (unpaired) electrons. The highest BCUT2D eigenvalue weighted by Gasteiger charge is 2.26. The fourth-order valence-electron chi connectivity index (χ4n) is 1.96. The first-order chi connectivity index (χ1) is 8.25. The van der Waals surface area contributed by atoms with E-state index in [0.29, 0.717) is 16.8 Å². The quantitative estimate of drug-likeness (QED) is 0.653. The van der Waals surface area contributed by atoms with Crippen molar-refractivity contribution in [2.24, 2.45) is 0 Å². The molecule has 1 aliphatic rings. The molecule has 2 aromatic rings. The molecule has 0 bridgehead atoms. The van der Waals surface area contributed by atoms with E-state index < -0.39 is 0 Å². The van der Waals surface area contributed by atoms with Crippen molar-refractivity contribution < 1.29 is 9.90 Å². The number of carbonyl (C=O) groups excluding carboxylic acids is 1. The van der Waals surface area contributed by atoms with Crippen LogP contribution in [0.15, 0.2) is 36.5 Å². The Hall–Kier alpha value is -2.49. The number of fused-ring (bicyclic) bond motifs is 1. The maximum atomic E-state index is 11.8. The number of hydrogen-bond donors (Lipinski definition) is 3. The molecule has 0 saturated carbocycles. The zero-order valence-electron chi connectivity index (χ0n) is 8.90. The Balaban J connectivity index is 2.17. The molecule has 17 heavy (non-hydrogen) atoms. The fraction of sp³-hybridized carbons (Fsp3) is 0. The number of aromatic amines is 1. The Kier molecular flexibility index (Phi) is 2.01. The molecule has 0 spiro atoms. The van der Waals surface area contributed by atoms with E-state index in [0.717, 1.165) is 5.69 Å². The zero-order chi connectivity index (χ0) is 11.8. The molecule has 3 N–H and O–H groups in total. The molecule has 84 valence electrons. The van der Waals surface area contributed by atoms with Crippen LogP contribution in [0.4, 0.5) is 5.69 Å². The van der Waals surface area contributed by atoms with Crippen LogP contribution in [0, 0.1) is 0 Å². The first-order valence-electron chi connectivity index (χ1n) is 5.24. The first kappa shape index (κ1) is 9.72. The molecule has 4 nitrogen and oxygen atoms in total. The van der Waals surface area contributed by atoms with Crippen LogP contribution in [0.25, 0.3) is 11.6 Å². The number of aromatic hydroxyl groups is 1. The number of rotatable bonds is 1. The van der Waals surface area contributed by atoms with Gasteiger partial charge in [-0.25, -0.2) is 0 Å². The van der Waals surface area contributed by atoms with Gasteiger partial charge >= 0.3 is 0 Å². The second-order valence-corrected chi connectivity index (χ2v) is 3.84. The van der Waals surface area contributed by atoms with Crippen molar-refractivity contribution >= 4 is 23.2 Å². The number of amides is 1. The molecule has 2 heterocycles. The third kappa shape index (κ3) is 1.50. The summed E-state index contributed by atoms with van der Waals surface area (Å²) in [5, 5.41) is 12.5. The van der Waals surface area contributed by atoms with Gasteiger partial charge in [0.2, 0.25) is 0 Å². The summed E-state index contributed by atoms with van der Waals surface area (Å²) in [6, 6.07) is 8.75. The van der Waals surface area contributed by atoms with Gasteiger partial charge in [0.25, 0.3) is 5.91 Å². The molecule has 3 rings (SSSR count). The Morgan fingerprint density at radius 3 is 2.82 bits per heavy atom. The number of benzene rings is 1. The fourth-order valence-corrected chi connectivity index (χ4v) is 1.96. The number of nitrogens with one attached hydrogen (secondary N) is 2. The van der Waals surface area contributed by atoms with Gasteiger partial charge < -0.3 is 15.4 Å². The maximum Gasteiger partial charge on any atom is 0.256 e. The highest BCUT2D eigenvalue weighted by Crippen LogP contribution is 2.38. The van der Waals surface area contributed by atoms with Gasteiger partial charge in [0.05, 0.1) is 16.8 Å². The summed E-state index contributed by atoms with van der Waals surface area (Å²) in [6.07, 6.45) is 3.51. The normalized spacial score (nSPS) is 16.0. The molecule has 4 heteroatoms. The van der Waals surface area contributed by atoms with Gasteiger partial charge in [-0.15, -0.1) is 0 Å². The lowest BCUT2D eigenvalue weighted by molar-refractivity contribution is -0.110. The predicted molar refractivity (Wildman–Crippen MR) is 65.4 cm³/mol. The summed E-state index contributed by atoms with van der Waals surface area (Å²) in [5.41, 5.74) is 2.51. The Morgan fingerprint density at radius 2 is 2.06 bits per heavy atom. The molecule has 0 saturated heterocycles. The van der Waals surface area contributed by atoms with E-state index in [1.54, 1.807) is 30.5 Å². The molecule has 1 aromatic heterocycles. The standard InChI is InChI=1S/C13H10N2O2/c16-11-5-1-4-10-12(11)9(13(17)15-10)7-8-3-2-6-14-8/h1-7,14,16H,(H,15,17). The van der Waals surface area contributed by atoms with Gasteiger partial charge in [0.1, 0.15) is 5.75 Å². The maximum absolute atomic E-state index is 11.8. The predicted octanol–water partition coefficient (Wildman–Crippen LogP) is 2.21. The van der Waals surface area contributed by atoms with E-state index in [4.69, 9.17) is 0 Å². The van der Waals surface area contributed by atoms with E-state index >= 15 is 0 Å². The van der Waals surface area contributed by atoms with Crippen molar-refractivity contribution in [3.63, 3.8) is 0 Å². The van der Waals surface area contributed by atoms with Crippen molar-refractivity contribution in [1.29, 1.82) is 0 Å². The van der Waals surface area contributed by atoms with Crippen molar-refractivity contribution in [1.82, 2.24) is 4.98 Å². The highest BCUT2D eigenvalue weighted by atomic mass is 16.3. The zero-order valence-corrected chi connectivity index (χ0v) is 8.90. The summed E-state index contributed by atoms with van der Waals surface area (Å²) < 4.78 is 0. The van der Waals surface area contributed by atoms with Crippen molar-refractivity contribution in [3.05, 3.63) is 47.8 Å². The van der Waals surface area contributed by atoms with Crippen molar-refractivity contribution in [2.45, 2.75) is 0 Å². The van der Waals surface area contributed by atoms with Crippen LogP contribution in [0.2, 0.25) is 0 Å². The van der Waals surface area contributed by atoms with Crippen molar-refractivity contribution in [3.8, 4) is 5.75 Å². The van der Waals surface area contributed by atoms with Crippen LogP contribution in [-0.4, -0.2) is 16.0 Å². The number of anilines is 1. The topological polar surface area (TPSA) is 65.1 Å². The molecule has 1 amide bonds. The molecular formula is C13H10N2O2. The lowest BCUT2D eigenvalue weighted by Gasteiger charge is -2.00. The van der Waals surface area contributed by atoms with Gasteiger partial charge in [0, 0.05) is 11.9 Å². The lowest BCUT2D eigenvalue weighted by atomic mass is 10.1. The van der Waals surface area contributed by atoms with E-state index in [-0.39, 0.29) is 11.7 Å². The molecule has 1 aromatic carbocycles. The smallest absolute Gasteiger partial charge is 0.256 e. The summed E-state index contributed by atoms with van der Waals surface area (Å²) >= 11 is 0. The minimum absolute atomic E-state index is 0.110. The second-order valence-electron chi connectivity index (χ2n) is 3.84. The Labute approximate surface area is 97.6 Å². The third-order valence-electron chi connectivity index (χ3n) is 2.73. The molecule has 0 atom stereocenters. The number of hydrogen-bond acceptors (Lipinski definition) is 2. The van der Waals surface area contributed by atoms with Gasteiger partial charge in [0.15, 0.2) is 0 Å². The lowest BCUT2D eigenvalue weighted by Crippen LogP contribution is -2.03. The van der Waals surface area contributed by atoms with Crippen molar-refractivity contribution in [2.75, 3.05) is 5.32 Å². The van der Waals surface area contributed by atoms with Crippen LogP contribution in [0.1, 0.15) is 11.3 Å². The number of phenols is 1. The minimum atomic E-state index is -0.198. The SMILES string of the molecule is O=C1Nc2cccc(O)c2C1=Cc1ccc[nH]1. The number of phenolic OH excluding ortho intramolecular Hbond substituents is 1. The monoisotopic (exact) mass is 226 g/mol. The third-order valence-corrected chi connectivity index (χ3v) is 2.73. The van der Waals surface area contributed by atoms with E-state index in [9.17, 15) is 9.90 Å². The first-order valence-corrected chi connectivity index (χ1v) is 5.24. The number of carbonyl (C=O) groups is 1.